The van der Waals surface area contributed by atoms with E-state index >= 15 is 0 Å². The lowest BCUT2D eigenvalue weighted by molar-refractivity contribution is 0.708. The third-order valence-corrected chi connectivity index (χ3v) is 3.87. The third kappa shape index (κ3) is 2.51. The minimum Gasteiger partial charge on any atom is -0.350 e. The molecule has 0 aliphatic carbocycles. The van der Waals surface area contributed by atoms with E-state index in [0.717, 1.165) is 30.0 Å². The summed E-state index contributed by atoms with van der Waals surface area (Å²) in [5, 5.41) is 0. The second-order valence-electron chi connectivity index (χ2n) is 5.31. The normalized spacial score (nSPS) is 18.5. The average Bonchev–Trinajstić information content (AvgIpc) is 2.97. The minimum atomic E-state index is 0.401. The van der Waals surface area contributed by atoms with E-state index in [2.05, 4.69) is 34.1 Å². The number of aryl methyl sites for hydroxylation is 1. The van der Waals surface area contributed by atoms with Crippen molar-refractivity contribution in [1.29, 1.82) is 0 Å². The monoisotopic (exact) mass is 268 g/mol. The van der Waals surface area contributed by atoms with Crippen molar-refractivity contribution in [3.63, 3.8) is 0 Å². The first-order chi connectivity index (χ1) is 9.78. The quantitative estimate of drug-likeness (QED) is 0.929. The van der Waals surface area contributed by atoms with E-state index in [4.69, 9.17) is 10.7 Å². The fourth-order valence-electron chi connectivity index (χ4n) is 2.96. The van der Waals surface area contributed by atoms with Crippen LogP contribution < -0.4 is 10.6 Å². The smallest absolute Gasteiger partial charge is 0.129 e. The van der Waals surface area contributed by atoms with Crippen molar-refractivity contribution in [1.82, 2.24) is 9.97 Å². The molecule has 1 unspecified atom stereocenters. The van der Waals surface area contributed by atoms with Gasteiger partial charge in [-0.1, -0.05) is 0 Å². The van der Waals surface area contributed by atoms with Gasteiger partial charge in [0, 0.05) is 31.2 Å². The summed E-state index contributed by atoms with van der Waals surface area (Å²) in [6.07, 6.45) is 6.08. The summed E-state index contributed by atoms with van der Waals surface area (Å²) in [6.45, 7) is 3.64. The van der Waals surface area contributed by atoms with Crippen molar-refractivity contribution in [2.75, 3.05) is 11.4 Å². The summed E-state index contributed by atoms with van der Waals surface area (Å²) < 4.78 is 0. The van der Waals surface area contributed by atoms with Gasteiger partial charge >= 0.3 is 0 Å². The summed E-state index contributed by atoms with van der Waals surface area (Å²) >= 11 is 0. The Morgan fingerprint density at radius 3 is 2.85 bits per heavy atom. The summed E-state index contributed by atoms with van der Waals surface area (Å²) in [6, 6.07) is 8.77. The first kappa shape index (κ1) is 13.1. The molecule has 3 rings (SSSR count). The number of aromatic nitrogens is 2. The van der Waals surface area contributed by atoms with Gasteiger partial charge in [0.2, 0.25) is 0 Å². The van der Waals surface area contributed by atoms with E-state index in [-0.39, 0.29) is 0 Å². The molecular weight excluding hydrogens is 248 g/mol. The fourth-order valence-corrected chi connectivity index (χ4v) is 2.96. The Balaban J connectivity index is 1.94. The number of hydrogen-bond acceptors (Lipinski definition) is 4. The number of hydrogen-bond donors (Lipinski definition) is 1. The van der Waals surface area contributed by atoms with Crippen LogP contribution in [0.2, 0.25) is 0 Å². The Kier molecular flexibility index (Phi) is 3.65. The molecule has 2 aromatic heterocycles. The van der Waals surface area contributed by atoms with Gasteiger partial charge < -0.3 is 10.6 Å². The number of rotatable bonds is 3. The molecule has 1 fully saturated rings. The van der Waals surface area contributed by atoms with E-state index in [1.54, 1.807) is 0 Å². The highest BCUT2D eigenvalue weighted by molar-refractivity contribution is 5.46. The van der Waals surface area contributed by atoms with Crippen LogP contribution in [0.1, 0.15) is 35.7 Å². The van der Waals surface area contributed by atoms with Crippen molar-refractivity contribution < 1.29 is 0 Å². The number of anilines is 1. The van der Waals surface area contributed by atoms with Crippen LogP contribution in [-0.2, 0) is 6.54 Å². The lowest BCUT2D eigenvalue weighted by atomic mass is 10.1. The zero-order valence-electron chi connectivity index (χ0n) is 11.8. The van der Waals surface area contributed by atoms with Crippen LogP contribution in [0.4, 0.5) is 5.82 Å². The van der Waals surface area contributed by atoms with E-state index in [9.17, 15) is 0 Å². The van der Waals surface area contributed by atoms with E-state index in [1.807, 2.05) is 19.3 Å². The molecule has 4 heteroatoms. The van der Waals surface area contributed by atoms with Crippen LogP contribution in [0.25, 0.3) is 0 Å². The number of nitrogens with two attached hydrogens (primary N) is 1. The van der Waals surface area contributed by atoms with E-state index in [1.165, 1.54) is 12.0 Å². The van der Waals surface area contributed by atoms with E-state index in [0.29, 0.717) is 12.6 Å². The Hall–Kier alpha value is -1.94. The third-order valence-electron chi connectivity index (χ3n) is 3.87. The molecule has 0 radical (unpaired) electrons. The van der Waals surface area contributed by atoms with Crippen molar-refractivity contribution >= 4 is 5.82 Å². The molecule has 0 spiro atoms. The minimum absolute atomic E-state index is 0.401. The highest BCUT2D eigenvalue weighted by Crippen LogP contribution is 2.35. The van der Waals surface area contributed by atoms with Gasteiger partial charge in [0.25, 0.3) is 0 Å². The van der Waals surface area contributed by atoms with Crippen LogP contribution in [0, 0.1) is 6.92 Å². The van der Waals surface area contributed by atoms with Gasteiger partial charge in [-0.3, -0.25) is 4.98 Å². The summed E-state index contributed by atoms with van der Waals surface area (Å²) in [5.41, 5.74) is 9.27. The molecule has 2 N–H and O–H groups in total. The van der Waals surface area contributed by atoms with Gasteiger partial charge in [-0.05, 0) is 55.2 Å². The molecule has 1 aliphatic rings. The molecule has 104 valence electrons. The van der Waals surface area contributed by atoms with E-state index < -0.39 is 0 Å². The van der Waals surface area contributed by atoms with Crippen LogP contribution in [0.5, 0.6) is 0 Å². The van der Waals surface area contributed by atoms with Crippen LogP contribution in [0.3, 0.4) is 0 Å². The van der Waals surface area contributed by atoms with Gasteiger partial charge in [0.05, 0.1) is 6.04 Å². The van der Waals surface area contributed by atoms with Gasteiger partial charge in [-0.15, -0.1) is 0 Å². The second-order valence-corrected chi connectivity index (χ2v) is 5.31. The van der Waals surface area contributed by atoms with Gasteiger partial charge in [0.1, 0.15) is 5.82 Å². The molecule has 2 aromatic rings. The molecule has 0 saturated carbocycles. The van der Waals surface area contributed by atoms with Gasteiger partial charge in [-0.25, -0.2) is 4.98 Å². The molecular formula is C16H20N4. The Morgan fingerprint density at radius 1 is 1.30 bits per heavy atom. The Labute approximate surface area is 119 Å². The van der Waals surface area contributed by atoms with Crippen LogP contribution in [0.15, 0.2) is 36.7 Å². The molecule has 3 heterocycles. The SMILES string of the molecule is Cc1cc(CN)cc(N2CCCC2c2ccncc2)n1. The maximum absolute atomic E-state index is 5.78. The first-order valence-corrected chi connectivity index (χ1v) is 7.12. The Bertz CT molecular complexity index is 582. The molecule has 1 atom stereocenters. The standard InChI is InChI=1S/C16H20N4/c1-12-9-13(11-17)10-16(19-12)20-8-2-3-15(20)14-4-6-18-7-5-14/h4-7,9-10,15H,2-3,8,11,17H2,1H3. The Morgan fingerprint density at radius 2 is 2.10 bits per heavy atom. The van der Waals surface area contributed by atoms with Crippen molar-refractivity contribution in [3.8, 4) is 0 Å². The molecule has 1 saturated heterocycles. The first-order valence-electron chi connectivity index (χ1n) is 7.12. The molecule has 0 amide bonds. The number of nitrogens with zero attached hydrogens (tertiary/aromatic N) is 3. The maximum atomic E-state index is 5.78. The summed E-state index contributed by atoms with van der Waals surface area (Å²) in [5.74, 6) is 1.05. The van der Waals surface area contributed by atoms with Gasteiger partial charge in [-0.2, -0.15) is 0 Å². The molecule has 4 nitrogen and oxygen atoms in total. The molecule has 1 aliphatic heterocycles. The summed E-state index contributed by atoms with van der Waals surface area (Å²) in [4.78, 5) is 11.2. The van der Waals surface area contributed by atoms with Crippen LogP contribution in [-0.4, -0.2) is 16.5 Å². The van der Waals surface area contributed by atoms with Gasteiger partial charge in [0.15, 0.2) is 0 Å². The van der Waals surface area contributed by atoms with Crippen molar-refractivity contribution in [2.24, 2.45) is 5.73 Å². The topological polar surface area (TPSA) is 55.0 Å². The highest BCUT2D eigenvalue weighted by Gasteiger charge is 2.27. The van der Waals surface area contributed by atoms with Crippen molar-refractivity contribution in [2.45, 2.75) is 32.4 Å². The lowest BCUT2D eigenvalue weighted by Gasteiger charge is -2.26. The predicted molar refractivity (Wildman–Crippen MR) is 80.4 cm³/mol. The summed E-state index contributed by atoms with van der Waals surface area (Å²) in [7, 11) is 0. The second kappa shape index (κ2) is 5.59. The fraction of sp³-hybridized carbons (Fsp3) is 0.375. The van der Waals surface area contributed by atoms with Crippen LogP contribution >= 0.6 is 0 Å². The van der Waals surface area contributed by atoms with Crippen molar-refractivity contribution in [3.05, 3.63) is 53.5 Å². The zero-order chi connectivity index (χ0) is 13.9. The zero-order valence-corrected chi connectivity index (χ0v) is 11.8. The predicted octanol–water partition coefficient (Wildman–Crippen LogP) is 2.59. The molecule has 0 aromatic carbocycles. The highest BCUT2D eigenvalue weighted by atomic mass is 15.2. The maximum Gasteiger partial charge on any atom is 0.129 e. The lowest BCUT2D eigenvalue weighted by Crippen LogP contribution is -2.24. The largest absolute Gasteiger partial charge is 0.350 e. The molecule has 20 heavy (non-hydrogen) atoms. The molecule has 0 bridgehead atoms. The number of pyridine rings is 2. The average molecular weight is 268 g/mol.